The standard InChI is InChI=1S/C16H20N6S2/c1-3-12-17-14(11-5-10-23-15(11)18-12)21-6-8-22(9-7-21)16-19-13(4-2)20-24-16/h5,10H,3-4,6-9H2,1-2H3. The second kappa shape index (κ2) is 6.60. The maximum atomic E-state index is 4.81. The highest BCUT2D eigenvalue weighted by molar-refractivity contribution is 7.16. The zero-order valence-corrected chi connectivity index (χ0v) is 15.5. The minimum absolute atomic E-state index is 0.866. The number of piperazine rings is 1. The molecule has 3 aromatic rings. The average Bonchev–Trinajstić information content (AvgIpc) is 3.30. The van der Waals surface area contributed by atoms with Gasteiger partial charge < -0.3 is 9.80 Å². The van der Waals surface area contributed by atoms with E-state index < -0.39 is 0 Å². The van der Waals surface area contributed by atoms with Gasteiger partial charge >= 0.3 is 0 Å². The van der Waals surface area contributed by atoms with Crippen molar-refractivity contribution in [2.75, 3.05) is 36.0 Å². The topological polar surface area (TPSA) is 58.0 Å². The molecular weight excluding hydrogens is 340 g/mol. The summed E-state index contributed by atoms with van der Waals surface area (Å²) >= 11 is 3.20. The minimum atomic E-state index is 0.866. The van der Waals surface area contributed by atoms with E-state index in [9.17, 15) is 0 Å². The van der Waals surface area contributed by atoms with Crippen LogP contribution in [-0.4, -0.2) is 45.5 Å². The molecule has 0 radical (unpaired) electrons. The van der Waals surface area contributed by atoms with Crippen LogP contribution in [0, 0.1) is 0 Å². The molecule has 1 aliphatic rings. The molecule has 0 N–H and O–H groups in total. The van der Waals surface area contributed by atoms with Crippen LogP contribution in [0.1, 0.15) is 25.5 Å². The van der Waals surface area contributed by atoms with Gasteiger partial charge in [-0.05, 0) is 11.4 Å². The highest BCUT2D eigenvalue weighted by Crippen LogP contribution is 2.29. The lowest BCUT2D eigenvalue weighted by Gasteiger charge is -2.35. The van der Waals surface area contributed by atoms with Gasteiger partial charge in [0.05, 0.1) is 5.39 Å². The first-order valence-corrected chi connectivity index (χ1v) is 10.0. The molecule has 24 heavy (non-hydrogen) atoms. The third-order valence-corrected chi connectivity index (χ3v) is 5.91. The Morgan fingerprint density at radius 2 is 1.71 bits per heavy atom. The number of hydrogen-bond acceptors (Lipinski definition) is 8. The number of aromatic nitrogens is 4. The number of rotatable bonds is 4. The second-order valence-electron chi connectivity index (χ2n) is 5.78. The van der Waals surface area contributed by atoms with Crippen molar-refractivity contribution < 1.29 is 0 Å². The highest BCUT2D eigenvalue weighted by Gasteiger charge is 2.23. The summed E-state index contributed by atoms with van der Waals surface area (Å²) in [5.74, 6) is 2.96. The zero-order chi connectivity index (χ0) is 16.5. The Bertz CT molecular complexity index is 834. The molecule has 1 aliphatic heterocycles. The SMILES string of the molecule is CCc1nsc(N2CCN(c3nc(CC)nc4sccc34)CC2)n1. The summed E-state index contributed by atoms with van der Waals surface area (Å²) in [4.78, 5) is 19.9. The van der Waals surface area contributed by atoms with E-state index in [1.807, 2.05) is 0 Å². The maximum Gasteiger partial charge on any atom is 0.205 e. The lowest BCUT2D eigenvalue weighted by atomic mass is 10.2. The summed E-state index contributed by atoms with van der Waals surface area (Å²) in [6.45, 7) is 8.01. The first-order valence-electron chi connectivity index (χ1n) is 8.35. The summed E-state index contributed by atoms with van der Waals surface area (Å²) in [5.41, 5.74) is 0. The second-order valence-corrected chi connectivity index (χ2v) is 7.40. The van der Waals surface area contributed by atoms with E-state index >= 15 is 0 Å². The number of aryl methyl sites for hydroxylation is 2. The molecule has 0 unspecified atom stereocenters. The molecule has 126 valence electrons. The molecular formula is C16H20N6S2. The third kappa shape index (κ3) is 2.84. The molecule has 0 aliphatic carbocycles. The van der Waals surface area contributed by atoms with E-state index in [1.165, 1.54) is 16.9 Å². The Morgan fingerprint density at radius 3 is 2.42 bits per heavy atom. The molecule has 4 rings (SSSR count). The molecule has 0 atom stereocenters. The van der Waals surface area contributed by atoms with Crippen molar-refractivity contribution in [2.45, 2.75) is 26.7 Å². The Hall–Kier alpha value is -1.80. The van der Waals surface area contributed by atoms with Crippen LogP contribution in [0.25, 0.3) is 10.2 Å². The molecule has 1 saturated heterocycles. The first kappa shape index (κ1) is 15.7. The zero-order valence-electron chi connectivity index (χ0n) is 13.9. The van der Waals surface area contributed by atoms with Gasteiger partial charge in [0.2, 0.25) is 5.13 Å². The van der Waals surface area contributed by atoms with E-state index in [0.717, 1.165) is 66.4 Å². The van der Waals surface area contributed by atoms with Crippen LogP contribution in [-0.2, 0) is 12.8 Å². The summed E-state index contributed by atoms with van der Waals surface area (Å²) in [5, 5.41) is 4.32. The summed E-state index contributed by atoms with van der Waals surface area (Å²) in [6, 6.07) is 2.14. The fourth-order valence-electron chi connectivity index (χ4n) is 2.91. The van der Waals surface area contributed by atoms with Gasteiger partial charge in [0.1, 0.15) is 22.3 Å². The van der Waals surface area contributed by atoms with Crippen LogP contribution in [0.2, 0.25) is 0 Å². The number of hydrogen-bond donors (Lipinski definition) is 0. The minimum Gasteiger partial charge on any atom is -0.352 e. The smallest absolute Gasteiger partial charge is 0.205 e. The normalized spacial score (nSPS) is 15.4. The Kier molecular flexibility index (Phi) is 4.32. The number of thiophene rings is 1. The molecule has 0 aromatic carbocycles. The van der Waals surface area contributed by atoms with Crippen molar-refractivity contribution in [1.29, 1.82) is 0 Å². The molecule has 6 nitrogen and oxygen atoms in total. The maximum absolute atomic E-state index is 4.81. The lowest BCUT2D eigenvalue weighted by molar-refractivity contribution is 0.645. The Balaban J connectivity index is 1.54. The van der Waals surface area contributed by atoms with E-state index in [1.54, 1.807) is 11.3 Å². The Labute approximate surface area is 149 Å². The van der Waals surface area contributed by atoms with Crippen LogP contribution in [0.15, 0.2) is 11.4 Å². The van der Waals surface area contributed by atoms with Gasteiger partial charge in [-0.2, -0.15) is 4.37 Å². The van der Waals surface area contributed by atoms with Gasteiger partial charge in [-0.1, -0.05) is 13.8 Å². The summed E-state index contributed by atoms with van der Waals surface area (Å²) < 4.78 is 4.40. The van der Waals surface area contributed by atoms with Gasteiger partial charge in [0, 0.05) is 50.6 Å². The number of anilines is 2. The molecule has 3 aromatic heterocycles. The van der Waals surface area contributed by atoms with Gasteiger partial charge in [0.25, 0.3) is 0 Å². The van der Waals surface area contributed by atoms with Crippen molar-refractivity contribution >= 4 is 44.0 Å². The molecule has 1 fully saturated rings. The van der Waals surface area contributed by atoms with Crippen molar-refractivity contribution in [1.82, 2.24) is 19.3 Å². The largest absolute Gasteiger partial charge is 0.352 e. The molecule has 0 bridgehead atoms. The van der Waals surface area contributed by atoms with Crippen molar-refractivity contribution in [3.8, 4) is 0 Å². The Morgan fingerprint density at radius 1 is 0.958 bits per heavy atom. The van der Waals surface area contributed by atoms with E-state index in [4.69, 9.17) is 4.98 Å². The fraction of sp³-hybridized carbons (Fsp3) is 0.500. The predicted molar refractivity (Wildman–Crippen MR) is 101 cm³/mol. The number of nitrogens with zero attached hydrogens (tertiary/aromatic N) is 6. The van der Waals surface area contributed by atoms with Gasteiger partial charge in [0.15, 0.2) is 0 Å². The van der Waals surface area contributed by atoms with E-state index in [2.05, 4.69) is 49.4 Å². The number of fused-ring (bicyclic) bond motifs is 1. The predicted octanol–water partition coefficient (Wildman–Crippen LogP) is 2.99. The van der Waals surface area contributed by atoms with Crippen LogP contribution in [0.4, 0.5) is 10.9 Å². The van der Waals surface area contributed by atoms with E-state index in [0.29, 0.717) is 0 Å². The molecule has 0 amide bonds. The molecule has 0 spiro atoms. The van der Waals surface area contributed by atoms with Gasteiger partial charge in [-0.3, -0.25) is 0 Å². The van der Waals surface area contributed by atoms with Crippen molar-refractivity contribution in [2.24, 2.45) is 0 Å². The first-order chi connectivity index (χ1) is 11.8. The van der Waals surface area contributed by atoms with Crippen LogP contribution in [0.5, 0.6) is 0 Å². The van der Waals surface area contributed by atoms with E-state index in [-0.39, 0.29) is 0 Å². The van der Waals surface area contributed by atoms with Crippen LogP contribution in [0.3, 0.4) is 0 Å². The van der Waals surface area contributed by atoms with Crippen LogP contribution >= 0.6 is 22.9 Å². The fourth-order valence-corrected chi connectivity index (χ4v) is 4.49. The lowest BCUT2D eigenvalue weighted by Crippen LogP contribution is -2.47. The average molecular weight is 361 g/mol. The van der Waals surface area contributed by atoms with Crippen molar-refractivity contribution in [3.05, 3.63) is 23.1 Å². The molecule has 0 saturated carbocycles. The summed E-state index contributed by atoms with van der Waals surface area (Å²) in [6.07, 6.45) is 1.76. The highest BCUT2D eigenvalue weighted by atomic mass is 32.1. The van der Waals surface area contributed by atoms with Crippen molar-refractivity contribution in [3.63, 3.8) is 0 Å². The molecule has 4 heterocycles. The summed E-state index contributed by atoms with van der Waals surface area (Å²) in [7, 11) is 0. The van der Waals surface area contributed by atoms with Crippen LogP contribution < -0.4 is 9.80 Å². The van der Waals surface area contributed by atoms with Gasteiger partial charge in [-0.15, -0.1) is 11.3 Å². The molecule has 8 heteroatoms. The monoisotopic (exact) mass is 360 g/mol. The third-order valence-electron chi connectivity index (χ3n) is 4.29. The quantitative estimate of drug-likeness (QED) is 0.713. The van der Waals surface area contributed by atoms with Gasteiger partial charge in [-0.25, -0.2) is 15.0 Å².